The number of methoxy groups -OCH3 is 1. The van der Waals surface area contributed by atoms with Crippen LogP contribution in [0.3, 0.4) is 0 Å². The van der Waals surface area contributed by atoms with Crippen LogP contribution in [0, 0.1) is 5.92 Å². The summed E-state index contributed by atoms with van der Waals surface area (Å²) >= 11 is 0. The van der Waals surface area contributed by atoms with Crippen molar-refractivity contribution in [3.8, 4) is 5.75 Å². The van der Waals surface area contributed by atoms with Crippen LogP contribution in [0.5, 0.6) is 5.75 Å². The maximum atomic E-state index is 12.7. The molecule has 2 aromatic carbocycles. The molecule has 2 atom stereocenters. The molecular weight excluding hydrogens is 346 g/mol. The summed E-state index contributed by atoms with van der Waals surface area (Å²) in [5.74, 6) is -1.34. The molecule has 0 bridgehead atoms. The van der Waals surface area contributed by atoms with Gasteiger partial charge in [0.2, 0.25) is 5.91 Å². The first-order chi connectivity index (χ1) is 13.0. The minimum atomic E-state index is -0.909. The molecule has 2 N–H and O–H groups in total. The smallest absolute Gasteiger partial charge is 0.308 e. The van der Waals surface area contributed by atoms with E-state index in [-0.39, 0.29) is 31.4 Å². The van der Waals surface area contributed by atoms with Crippen molar-refractivity contribution >= 4 is 11.9 Å². The summed E-state index contributed by atoms with van der Waals surface area (Å²) in [6.07, 6.45) is 0.205. The number of aliphatic hydroxyl groups excluding tert-OH is 1. The summed E-state index contributed by atoms with van der Waals surface area (Å²) < 4.78 is 5.38. The molecule has 2 aromatic rings. The van der Waals surface area contributed by atoms with E-state index >= 15 is 0 Å². The van der Waals surface area contributed by atoms with Gasteiger partial charge in [-0.1, -0.05) is 42.5 Å². The Labute approximate surface area is 158 Å². The Bertz CT molecular complexity index is 818. The van der Waals surface area contributed by atoms with E-state index in [2.05, 4.69) is 0 Å². The van der Waals surface area contributed by atoms with E-state index in [9.17, 15) is 14.7 Å². The molecule has 1 aliphatic rings. The van der Waals surface area contributed by atoms with Gasteiger partial charge in [-0.15, -0.1) is 0 Å². The van der Waals surface area contributed by atoms with Gasteiger partial charge in [0.05, 0.1) is 26.1 Å². The number of amides is 1. The number of likely N-dealkylation sites (tertiary alicyclic amines) is 1. The molecule has 1 heterocycles. The summed E-state index contributed by atoms with van der Waals surface area (Å²) in [5, 5.41) is 18.8. The first kappa shape index (κ1) is 18.9. The van der Waals surface area contributed by atoms with Crippen LogP contribution in [-0.4, -0.2) is 47.2 Å². The van der Waals surface area contributed by atoms with E-state index in [0.29, 0.717) is 12.3 Å². The van der Waals surface area contributed by atoms with E-state index in [0.717, 1.165) is 16.7 Å². The maximum Gasteiger partial charge on any atom is 0.308 e. The van der Waals surface area contributed by atoms with E-state index in [1.807, 2.05) is 30.3 Å². The van der Waals surface area contributed by atoms with Gasteiger partial charge in [-0.05, 0) is 22.8 Å². The predicted octanol–water partition coefficient (Wildman–Crippen LogP) is 2.06. The molecule has 1 aliphatic heterocycles. The second-order valence-electron chi connectivity index (χ2n) is 6.74. The molecule has 1 fully saturated rings. The number of benzene rings is 2. The van der Waals surface area contributed by atoms with Crippen LogP contribution in [-0.2, 0) is 22.6 Å². The number of ether oxygens (including phenoxy) is 1. The average Bonchev–Trinajstić information content (AvgIpc) is 3.14. The van der Waals surface area contributed by atoms with Crippen molar-refractivity contribution in [1.29, 1.82) is 0 Å². The highest BCUT2D eigenvalue weighted by Gasteiger charge is 2.41. The molecule has 0 aromatic heterocycles. The molecule has 0 aliphatic carbocycles. The molecule has 3 rings (SSSR count). The summed E-state index contributed by atoms with van der Waals surface area (Å²) in [6, 6.07) is 14.5. The lowest BCUT2D eigenvalue weighted by Gasteiger charge is -2.18. The van der Waals surface area contributed by atoms with Crippen molar-refractivity contribution in [2.75, 3.05) is 20.2 Å². The van der Waals surface area contributed by atoms with E-state index in [4.69, 9.17) is 9.84 Å². The fourth-order valence-corrected chi connectivity index (χ4v) is 3.59. The van der Waals surface area contributed by atoms with Crippen LogP contribution >= 0.6 is 0 Å². The number of carboxylic acid groups (broad SMARTS) is 1. The monoisotopic (exact) mass is 369 g/mol. The van der Waals surface area contributed by atoms with Crippen molar-refractivity contribution in [2.45, 2.75) is 18.9 Å². The third-order valence-electron chi connectivity index (χ3n) is 5.09. The molecule has 0 radical (unpaired) electrons. The second-order valence-corrected chi connectivity index (χ2v) is 6.74. The maximum absolute atomic E-state index is 12.7. The number of para-hydroxylation sites is 1. The SMILES string of the molecule is COc1ccccc1C1CN(C(=O)Cc2ccc(CO)cc2)CC1C(=O)O. The van der Waals surface area contributed by atoms with Crippen LogP contribution in [0.15, 0.2) is 48.5 Å². The summed E-state index contributed by atoms with van der Waals surface area (Å²) in [5.41, 5.74) is 2.44. The minimum absolute atomic E-state index is 0.0404. The highest BCUT2D eigenvalue weighted by Crippen LogP contribution is 2.37. The summed E-state index contributed by atoms with van der Waals surface area (Å²) in [4.78, 5) is 26.1. The van der Waals surface area contributed by atoms with Gasteiger partial charge in [0.1, 0.15) is 5.75 Å². The number of hydrogen-bond donors (Lipinski definition) is 2. The minimum Gasteiger partial charge on any atom is -0.496 e. The number of hydrogen-bond acceptors (Lipinski definition) is 4. The zero-order valence-corrected chi connectivity index (χ0v) is 15.2. The molecular formula is C21H23NO5. The Morgan fingerprint density at radius 1 is 1.07 bits per heavy atom. The molecule has 0 spiro atoms. The highest BCUT2D eigenvalue weighted by molar-refractivity contribution is 5.81. The predicted molar refractivity (Wildman–Crippen MR) is 99.5 cm³/mol. The number of rotatable bonds is 6. The van der Waals surface area contributed by atoms with Crippen LogP contribution < -0.4 is 4.74 Å². The van der Waals surface area contributed by atoms with Gasteiger partial charge in [0, 0.05) is 19.0 Å². The molecule has 6 nitrogen and oxygen atoms in total. The molecule has 0 saturated carbocycles. The molecule has 1 amide bonds. The van der Waals surface area contributed by atoms with Crippen molar-refractivity contribution in [3.05, 3.63) is 65.2 Å². The Kier molecular flexibility index (Phi) is 5.76. The zero-order chi connectivity index (χ0) is 19.4. The Balaban J connectivity index is 1.77. The zero-order valence-electron chi connectivity index (χ0n) is 15.2. The van der Waals surface area contributed by atoms with Gasteiger partial charge in [-0.25, -0.2) is 0 Å². The number of carboxylic acids is 1. The van der Waals surface area contributed by atoms with Gasteiger partial charge in [0.25, 0.3) is 0 Å². The number of carbonyl (C=O) groups is 2. The highest BCUT2D eigenvalue weighted by atomic mass is 16.5. The lowest BCUT2D eigenvalue weighted by Crippen LogP contribution is -2.31. The number of aliphatic carboxylic acids is 1. The normalized spacial score (nSPS) is 19.1. The Hall–Kier alpha value is -2.86. The summed E-state index contributed by atoms with van der Waals surface area (Å²) in [7, 11) is 1.56. The Morgan fingerprint density at radius 2 is 1.74 bits per heavy atom. The Morgan fingerprint density at radius 3 is 2.37 bits per heavy atom. The standard InChI is InChI=1S/C21H23NO5/c1-27-19-5-3-2-4-16(19)17-11-22(12-18(17)21(25)26)20(24)10-14-6-8-15(13-23)9-7-14/h2-9,17-18,23H,10-13H2,1H3,(H,25,26). The first-order valence-electron chi connectivity index (χ1n) is 8.85. The lowest BCUT2D eigenvalue weighted by atomic mass is 9.88. The van der Waals surface area contributed by atoms with Crippen LogP contribution in [0.2, 0.25) is 0 Å². The van der Waals surface area contributed by atoms with Gasteiger partial charge >= 0.3 is 5.97 Å². The van der Waals surface area contributed by atoms with Crippen LogP contribution in [0.1, 0.15) is 22.6 Å². The van der Waals surface area contributed by atoms with Crippen molar-refractivity contribution in [1.82, 2.24) is 4.90 Å². The molecule has 27 heavy (non-hydrogen) atoms. The fraction of sp³-hybridized carbons (Fsp3) is 0.333. The van der Waals surface area contributed by atoms with Gasteiger partial charge in [-0.3, -0.25) is 9.59 Å². The van der Waals surface area contributed by atoms with Gasteiger partial charge in [0.15, 0.2) is 0 Å². The molecule has 1 saturated heterocycles. The van der Waals surface area contributed by atoms with Crippen molar-refractivity contribution in [3.63, 3.8) is 0 Å². The van der Waals surface area contributed by atoms with E-state index < -0.39 is 11.9 Å². The average molecular weight is 369 g/mol. The van der Waals surface area contributed by atoms with Gasteiger partial charge < -0.3 is 19.8 Å². The fourth-order valence-electron chi connectivity index (χ4n) is 3.59. The molecule has 2 unspecified atom stereocenters. The number of nitrogens with zero attached hydrogens (tertiary/aromatic N) is 1. The largest absolute Gasteiger partial charge is 0.496 e. The topological polar surface area (TPSA) is 87.1 Å². The molecule has 142 valence electrons. The first-order valence-corrected chi connectivity index (χ1v) is 8.85. The quantitative estimate of drug-likeness (QED) is 0.814. The van der Waals surface area contributed by atoms with Gasteiger partial charge in [-0.2, -0.15) is 0 Å². The number of aliphatic hydroxyl groups is 1. The third-order valence-corrected chi connectivity index (χ3v) is 5.09. The second kappa shape index (κ2) is 8.22. The van der Waals surface area contributed by atoms with E-state index in [1.165, 1.54) is 0 Å². The van der Waals surface area contributed by atoms with Crippen molar-refractivity contribution in [2.24, 2.45) is 5.92 Å². The van der Waals surface area contributed by atoms with Crippen LogP contribution in [0.25, 0.3) is 0 Å². The lowest BCUT2D eigenvalue weighted by molar-refractivity contribution is -0.141. The number of carbonyl (C=O) groups excluding carboxylic acids is 1. The molecule has 6 heteroatoms. The van der Waals surface area contributed by atoms with E-state index in [1.54, 1.807) is 30.2 Å². The summed E-state index contributed by atoms with van der Waals surface area (Å²) in [6.45, 7) is 0.498. The van der Waals surface area contributed by atoms with Crippen molar-refractivity contribution < 1.29 is 24.5 Å². The van der Waals surface area contributed by atoms with Crippen LogP contribution in [0.4, 0.5) is 0 Å². The third kappa shape index (κ3) is 4.11.